The number of ether oxygens (including phenoxy) is 1. The van der Waals surface area contributed by atoms with Crippen molar-refractivity contribution in [2.45, 2.75) is 32.9 Å². The lowest BCUT2D eigenvalue weighted by Crippen LogP contribution is -2.40. The fourth-order valence-corrected chi connectivity index (χ4v) is 1.28. The number of aliphatic hydroxyl groups is 1. The van der Waals surface area contributed by atoms with Gasteiger partial charge in [-0.15, -0.1) is 0 Å². The maximum atomic E-state index is 13.3. The van der Waals surface area contributed by atoms with Gasteiger partial charge in [-0.05, 0) is 27.8 Å². The number of hydrogen-bond acceptors (Lipinski definition) is 4. The summed E-state index contributed by atoms with van der Waals surface area (Å²) in [6.45, 7) is 7.15. The number of aromatic nitrogens is 1. The zero-order valence-electron chi connectivity index (χ0n) is 11.4. The van der Waals surface area contributed by atoms with Crippen molar-refractivity contribution in [1.82, 2.24) is 9.88 Å². The molecule has 1 aromatic rings. The highest BCUT2D eigenvalue weighted by Crippen LogP contribution is 2.14. The normalized spacial score (nSPS) is 11.9. The van der Waals surface area contributed by atoms with Crippen molar-refractivity contribution in [3.8, 4) is 5.75 Å². The van der Waals surface area contributed by atoms with Crippen molar-refractivity contribution >= 4 is 0 Å². The summed E-state index contributed by atoms with van der Waals surface area (Å²) in [7, 11) is 2.01. The van der Waals surface area contributed by atoms with Crippen LogP contribution in [0.3, 0.4) is 0 Å². The number of pyridine rings is 1. The van der Waals surface area contributed by atoms with Crippen LogP contribution >= 0.6 is 0 Å². The fourth-order valence-electron chi connectivity index (χ4n) is 1.28. The summed E-state index contributed by atoms with van der Waals surface area (Å²) >= 11 is 0. The number of likely N-dealkylation sites (N-methyl/N-ethyl adjacent to an activating group) is 1. The minimum Gasteiger partial charge on any atom is -0.491 e. The molecule has 0 amide bonds. The zero-order chi connectivity index (χ0) is 13.8. The molecule has 0 aromatic carbocycles. The average molecular weight is 256 g/mol. The maximum Gasteiger partial charge on any atom is 0.150 e. The van der Waals surface area contributed by atoms with Crippen LogP contribution in [-0.2, 0) is 6.61 Å². The van der Waals surface area contributed by atoms with E-state index in [9.17, 15) is 4.39 Å². The zero-order valence-corrected chi connectivity index (χ0v) is 11.4. The average Bonchev–Trinajstić information content (AvgIpc) is 2.28. The van der Waals surface area contributed by atoms with Gasteiger partial charge in [-0.3, -0.25) is 9.88 Å². The molecule has 0 bridgehead atoms. The van der Waals surface area contributed by atoms with E-state index < -0.39 is 12.4 Å². The van der Waals surface area contributed by atoms with Crippen molar-refractivity contribution < 1.29 is 14.2 Å². The van der Waals surface area contributed by atoms with E-state index in [2.05, 4.69) is 30.7 Å². The standard InChI is InChI=1S/C13H21FN2O2/c1-13(2,3)16(4)5-6-18-10-7-11(14)12(9-17)15-8-10/h7-8,17H,5-6,9H2,1-4H3. The van der Waals surface area contributed by atoms with E-state index in [1.807, 2.05) is 7.05 Å². The lowest BCUT2D eigenvalue weighted by molar-refractivity contribution is 0.144. The summed E-state index contributed by atoms with van der Waals surface area (Å²) < 4.78 is 18.7. The van der Waals surface area contributed by atoms with Crippen molar-refractivity contribution in [3.63, 3.8) is 0 Å². The van der Waals surface area contributed by atoms with Crippen LogP contribution in [0.4, 0.5) is 4.39 Å². The minimum absolute atomic E-state index is 0.0363. The van der Waals surface area contributed by atoms with Crippen molar-refractivity contribution in [3.05, 3.63) is 23.8 Å². The van der Waals surface area contributed by atoms with Crippen LogP contribution < -0.4 is 4.74 Å². The Bertz CT molecular complexity index is 391. The van der Waals surface area contributed by atoms with Crippen LogP contribution in [0.2, 0.25) is 0 Å². The topological polar surface area (TPSA) is 45.6 Å². The number of nitrogens with zero attached hydrogens (tertiary/aromatic N) is 2. The molecular formula is C13H21FN2O2. The van der Waals surface area contributed by atoms with Crippen LogP contribution in [-0.4, -0.2) is 40.7 Å². The molecule has 0 aliphatic rings. The van der Waals surface area contributed by atoms with Crippen LogP contribution in [0.25, 0.3) is 0 Å². The molecule has 1 heterocycles. The van der Waals surface area contributed by atoms with Crippen molar-refractivity contribution in [2.24, 2.45) is 0 Å². The van der Waals surface area contributed by atoms with E-state index >= 15 is 0 Å². The van der Waals surface area contributed by atoms with Gasteiger partial charge in [0.2, 0.25) is 0 Å². The highest BCUT2D eigenvalue weighted by molar-refractivity contribution is 5.21. The van der Waals surface area contributed by atoms with Gasteiger partial charge in [0.05, 0.1) is 12.8 Å². The molecule has 1 rings (SSSR count). The smallest absolute Gasteiger partial charge is 0.150 e. The molecule has 0 atom stereocenters. The lowest BCUT2D eigenvalue weighted by atomic mass is 10.1. The van der Waals surface area contributed by atoms with Crippen molar-refractivity contribution in [1.29, 1.82) is 0 Å². The second-order valence-electron chi connectivity index (χ2n) is 5.20. The summed E-state index contributed by atoms with van der Waals surface area (Å²) in [5, 5.41) is 8.80. The van der Waals surface area contributed by atoms with E-state index in [0.29, 0.717) is 12.4 Å². The molecule has 0 spiro atoms. The fraction of sp³-hybridized carbons (Fsp3) is 0.615. The molecule has 1 aromatic heterocycles. The number of aliphatic hydroxyl groups excluding tert-OH is 1. The van der Waals surface area contributed by atoms with Gasteiger partial charge in [0, 0.05) is 18.2 Å². The van der Waals surface area contributed by atoms with Gasteiger partial charge in [-0.1, -0.05) is 0 Å². The lowest BCUT2D eigenvalue weighted by Gasteiger charge is -2.31. The highest BCUT2D eigenvalue weighted by atomic mass is 19.1. The molecule has 5 heteroatoms. The Morgan fingerprint density at radius 1 is 1.44 bits per heavy atom. The Morgan fingerprint density at radius 3 is 2.61 bits per heavy atom. The van der Waals surface area contributed by atoms with Gasteiger partial charge in [0.15, 0.2) is 5.82 Å². The first-order valence-electron chi connectivity index (χ1n) is 5.94. The molecule has 4 nitrogen and oxygen atoms in total. The molecule has 0 aliphatic carbocycles. The molecule has 0 fully saturated rings. The Morgan fingerprint density at radius 2 is 2.11 bits per heavy atom. The molecule has 0 aliphatic heterocycles. The van der Waals surface area contributed by atoms with Gasteiger partial charge >= 0.3 is 0 Å². The van der Waals surface area contributed by atoms with E-state index in [-0.39, 0.29) is 11.2 Å². The third-order valence-electron chi connectivity index (χ3n) is 2.88. The van der Waals surface area contributed by atoms with Gasteiger partial charge in [0.1, 0.15) is 18.1 Å². The molecular weight excluding hydrogens is 235 g/mol. The maximum absolute atomic E-state index is 13.3. The second kappa shape index (κ2) is 6.11. The monoisotopic (exact) mass is 256 g/mol. The highest BCUT2D eigenvalue weighted by Gasteiger charge is 2.16. The summed E-state index contributed by atoms with van der Waals surface area (Å²) in [5.74, 6) is -0.161. The predicted molar refractivity (Wildman–Crippen MR) is 68.0 cm³/mol. The molecule has 0 saturated carbocycles. The largest absolute Gasteiger partial charge is 0.491 e. The van der Waals surface area contributed by atoms with Crippen LogP contribution in [0.1, 0.15) is 26.5 Å². The predicted octanol–water partition coefficient (Wildman–Crippen LogP) is 1.82. The molecule has 0 radical (unpaired) electrons. The van der Waals surface area contributed by atoms with E-state index in [1.54, 1.807) is 0 Å². The van der Waals surface area contributed by atoms with Gasteiger partial charge < -0.3 is 9.84 Å². The Kier molecular flexibility index (Phi) is 5.04. The van der Waals surface area contributed by atoms with Crippen molar-refractivity contribution in [2.75, 3.05) is 20.2 Å². The van der Waals surface area contributed by atoms with E-state index in [0.717, 1.165) is 6.54 Å². The SMILES string of the molecule is CN(CCOc1cnc(CO)c(F)c1)C(C)(C)C. The molecule has 0 saturated heterocycles. The molecule has 102 valence electrons. The number of rotatable bonds is 5. The first-order chi connectivity index (χ1) is 8.34. The second-order valence-corrected chi connectivity index (χ2v) is 5.20. The number of hydrogen-bond donors (Lipinski definition) is 1. The van der Waals surface area contributed by atoms with E-state index in [4.69, 9.17) is 9.84 Å². The van der Waals surface area contributed by atoms with E-state index in [1.165, 1.54) is 12.3 Å². The first kappa shape index (κ1) is 14.9. The molecule has 0 unspecified atom stereocenters. The summed E-state index contributed by atoms with van der Waals surface area (Å²) in [4.78, 5) is 5.93. The van der Waals surface area contributed by atoms with Gasteiger partial charge in [0.25, 0.3) is 0 Å². The molecule has 18 heavy (non-hydrogen) atoms. The van der Waals surface area contributed by atoms with Crippen LogP contribution in [0.15, 0.2) is 12.3 Å². The minimum atomic E-state index is -0.542. The van der Waals surface area contributed by atoms with Crippen LogP contribution in [0, 0.1) is 5.82 Å². The Hall–Kier alpha value is -1.20. The summed E-state index contributed by atoms with van der Waals surface area (Å²) in [6.07, 6.45) is 1.42. The Balaban J connectivity index is 2.47. The van der Waals surface area contributed by atoms with Gasteiger partial charge in [-0.25, -0.2) is 4.39 Å². The third-order valence-corrected chi connectivity index (χ3v) is 2.88. The summed E-state index contributed by atoms with van der Waals surface area (Å²) in [5.41, 5.74) is 0.113. The quantitative estimate of drug-likeness (QED) is 0.873. The summed E-state index contributed by atoms with van der Waals surface area (Å²) in [6, 6.07) is 1.25. The number of halogens is 1. The Labute approximate surface area is 107 Å². The first-order valence-corrected chi connectivity index (χ1v) is 5.94. The third kappa shape index (κ3) is 4.23. The molecule has 1 N–H and O–H groups in total. The van der Waals surface area contributed by atoms with Gasteiger partial charge in [-0.2, -0.15) is 0 Å². The van der Waals surface area contributed by atoms with Crippen LogP contribution in [0.5, 0.6) is 5.75 Å².